The van der Waals surface area contributed by atoms with Crippen molar-refractivity contribution in [1.29, 1.82) is 0 Å². The zero-order chi connectivity index (χ0) is 20.0. The number of carboxylic acids is 2. The van der Waals surface area contributed by atoms with Crippen molar-refractivity contribution in [2.24, 2.45) is 0 Å². The number of nitrogens with one attached hydrogen (secondary N) is 1. The molecule has 3 N–H and O–H groups in total. The minimum Gasteiger partial charge on any atom is -0.480 e. The fraction of sp³-hybridized carbons (Fsp3) is 0.438. The lowest BCUT2D eigenvalue weighted by Crippen LogP contribution is -2.82. The van der Waals surface area contributed by atoms with E-state index in [1.807, 2.05) is 0 Å². The van der Waals surface area contributed by atoms with Crippen LogP contribution in [0, 0.1) is 0 Å². The summed E-state index contributed by atoms with van der Waals surface area (Å²) in [5, 5.41) is 21.1. The van der Waals surface area contributed by atoms with E-state index in [0.29, 0.717) is 5.03 Å². The van der Waals surface area contributed by atoms with Gasteiger partial charge in [0.25, 0.3) is 5.91 Å². The van der Waals surface area contributed by atoms with Crippen molar-refractivity contribution in [3.63, 3.8) is 0 Å². The van der Waals surface area contributed by atoms with E-state index in [0.717, 1.165) is 28.4 Å². The van der Waals surface area contributed by atoms with Crippen LogP contribution in [0.25, 0.3) is 0 Å². The Bertz CT molecular complexity index is 818. The first-order valence-corrected chi connectivity index (χ1v) is 9.79. The molecule has 3 rings (SSSR count). The number of hydrogen-bond acceptors (Lipinski definition) is 7. The Hall–Kier alpha value is -2.27. The van der Waals surface area contributed by atoms with Crippen LogP contribution in [0.2, 0.25) is 0 Å². The predicted molar refractivity (Wildman–Crippen MR) is 97.2 cm³/mol. The Kier molecular flexibility index (Phi) is 4.85. The topological polar surface area (TPSA) is 137 Å². The molecule has 0 spiro atoms. The van der Waals surface area contributed by atoms with Crippen molar-refractivity contribution < 1.29 is 29.4 Å². The van der Waals surface area contributed by atoms with Gasteiger partial charge in [0.2, 0.25) is 11.4 Å². The second kappa shape index (κ2) is 6.71. The van der Waals surface area contributed by atoms with E-state index in [9.17, 15) is 29.4 Å². The summed E-state index contributed by atoms with van der Waals surface area (Å²) >= 11 is 2.16. The molecule has 27 heavy (non-hydrogen) atoms. The second-order valence-corrected chi connectivity index (χ2v) is 9.37. The smallest absolute Gasteiger partial charge is 0.342 e. The molecule has 11 heteroatoms. The van der Waals surface area contributed by atoms with Crippen LogP contribution in [0.15, 0.2) is 29.4 Å². The van der Waals surface area contributed by atoms with E-state index in [-0.39, 0.29) is 5.75 Å². The molecule has 9 nitrogen and oxygen atoms in total. The lowest BCUT2D eigenvalue weighted by Gasteiger charge is -2.50. The van der Waals surface area contributed by atoms with Crippen molar-refractivity contribution in [2.75, 3.05) is 5.75 Å². The largest absolute Gasteiger partial charge is 0.480 e. The van der Waals surface area contributed by atoms with Gasteiger partial charge in [0.1, 0.15) is 11.4 Å². The molecule has 0 radical (unpaired) electrons. The number of thioether (sulfide) groups is 2. The molecule has 0 unspecified atom stereocenters. The van der Waals surface area contributed by atoms with Gasteiger partial charge in [-0.1, -0.05) is 17.8 Å². The molecule has 2 amide bonds. The highest BCUT2D eigenvalue weighted by atomic mass is 32.2. The van der Waals surface area contributed by atoms with Crippen LogP contribution in [0.4, 0.5) is 0 Å². The Morgan fingerprint density at radius 2 is 2.04 bits per heavy atom. The third kappa shape index (κ3) is 3.04. The van der Waals surface area contributed by atoms with Gasteiger partial charge in [-0.2, -0.15) is 0 Å². The number of carbonyl (C=O) groups excluding carboxylic acids is 2. The lowest BCUT2D eigenvalue weighted by molar-refractivity contribution is -0.178. The molecule has 144 valence electrons. The van der Waals surface area contributed by atoms with Crippen LogP contribution >= 0.6 is 23.5 Å². The molecule has 0 aliphatic carbocycles. The van der Waals surface area contributed by atoms with Crippen molar-refractivity contribution >= 4 is 47.3 Å². The third-order valence-electron chi connectivity index (χ3n) is 4.44. The number of rotatable bonds is 6. The number of carboxylic acid groups (broad SMARTS) is 2. The van der Waals surface area contributed by atoms with Crippen molar-refractivity contribution in [1.82, 2.24) is 15.2 Å². The van der Waals surface area contributed by atoms with Gasteiger partial charge in [-0.25, -0.2) is 14.6 Å². The van der Waals surface area contributed by atoms with Gasteiger partial charge in [0, 0.05) is 10.9 Å². The molecule has 0 saturated carbocycles. The Morgan fingerprint density at radius 3 is 2.59 bits per heavy atom. The minimum absolute atomic E-state index is 0.123. The zero-order valence-electron chi connectivity index (χ0n) is 14.4. The van der Waals surface area contributed by atoms with Crippen molar-refractivity contribution in [2.45, 2.75) is 40.6 Å². The minimum atomic E-state index is -2.16. The number of aliphatic carboxylic acids is 2. The number of carbonyl (C=O) groups is 4. The number of aromatic nitrogens is 1. The second-order valence-electron chi connectivity index (χ2n) is 6.64. The fourth-order valence-corrected chi connectivity index (χ4v) is 5.60. The molecule has 2 aliphatic heterocycles. The average Bonchev–Trinajstić information content (AvgIpc) is 2.87. The quantitative estimate of drug-likeness (QED) is 0.342. The summed E-state index contributed by atoms with van der Waals surface area (Å²) in [4.78, 5) is 53.5. The Labute approximate surface area is 162 Å². The molecule has 1 aromatic rings. The summed E-state index contributed by atoms with van der Waals surface area (Å²) in [7, 11) is 0. The molecule has 2 saturated heterocycles. The van der Waals surface area contributed by atoms with E-state index in [4.69, 9.17) is 0 Å². The highest BCUT2D eigenvalue weighted by Gasteiger charge is 2.75. The van der Waals surface area contributed by atoms with Gasteiger partial charge in [0.15, 0.2) is 0 Å². The maximum absolute atomic E-state index is 12.7. The number of β-lactam (4-membered cyclic amide) rings is 1. The molecule has 3 atom stereocenters. The number of amides is 2. The molecule has 1 aromatic heterocycles. The molecule has 2 aliphatic rings. The summed E-state index contributed by atoms with van der Waals surface area (Å²) in [6.45, 7) is 3.26. The molecule has 0 bridgehead atoms. The summed E-state index contributed by atoms with van der Waals surface area (Å²) in [5.41, 5.74) is -2.16. The van der Waals surface area contributed by atoms with Gasteiger partial charge >= 0.3 is 11.9 Å². The predicted octanol–water partition coefficient (Wildman–Crippen LogP) is 0.260. The highest BCUT2D eigenvalue weighted by molar-refractivity contribution is 8.01. The SMILES string of the molecule is CC1(C)S[C@H]2N(C(=O)[C@@]2(NC(=O)CSc2ccccn2)C(=O)O)[C@H]1C(=O)O. The Balaban J connectivity index is 1.78. The standard InChI is InChI=1S/C16H17N3O6S2/c1-15(2)10(11(21)22)19-12(23)16(14(24)25,13(19)27-15)18-8(20)7-26-9-5-3-4-6-17-9/h3-6,10,13H,7H2,1-2H3,(H,18,20)(H,21,22)(H,24,25)/t10-,13+,16-/m0/s1. The zero-order valence-corrected chi connectivity index (χ0v) is 16.0. The average molecular weight is 411 g/mol. The van der Waals surface area contributed by atoms with Crippen LogP contribution < -0.4 is 5.32 Å². The van der Waals surface area contributed by atoms with Gasteiger partial charge in [-0.15, -0.1) is 11.8 Å². The third-order valence-corrected chi connectivity index (χ3v) is 7.02. The first kappa shape index (κ1) is 19.5. The molecule has 2 fully saturated rings. The monoisotopic (exact) mass is 411 g/mol. The fourth-order valence-electron chi connectivity index (χ4n) is 3.25. The van der Waals surface area contributed by atoms with E-state index >= 15 is 0 Å². The van der Waals surface area contributed by atoms with Gasteiger partial charge < -0.3 is 20.4 Å². The van der Waals surface area contributed by atoms with Crippen LogP contribution in [-0.2, 0) is 19.2 Å². The number of pyridine rings is 1. The first-order chi connectivity index (χ1) is 12.6. The number of fused-ring (bicyclic) bond motifs is 1. The summed E-state index contributed by atoms with van der Waals surface area (Å²) in [5.74, 6) is -4.39. The Morgan fingerprint density at radius 1 is 1.33 bits per heavy atom. The molecular weight excluding hydrogens is 394 g/mol. The van der Waals surface area contributed by atoms with Crippen LogP contribution in [-0.4, -0.2) is 71.3 Å². The van der Waals surface area contributed by atoms with Crippen molar-refractivity contribution in [3.05, 3.63) is 24.4 Å². The summed E-state index contributed by atoms with van der Waals surface area (Å²) < 4.78 is -0.892. The summed E-state index contributed by atoms with van der Waals surface area (Å²) in [6, 6.07) is 4.02. The molecule has 0 aromatic carbocycles. The number of hydrogen-bond donors (Lipinski definition) is 3. The van der Waals surface area contributed by atoms with E-state index < -0.39 is 45.5 Å². The van der Waals surface area contributed by atoms with Gasteiger partial charge in [-0.3, -0.25) is 9.59 Å². The lowest BCUT2D eigenvalue weighted by atomic mass is 9.84. The normalized spacial score (nSPS) is 28.2. The molecule has 3 heterocycles. The first-order valence-electron chi connectivity index (χ1n) is 7.93. The summed E-state index contributed by atoms with van der Waals surface area (Å²) in [6.07, 6.45) is 1.57. The van der Waals surface area contributed by atoms with E-state index in [1.165, 1.54) is 0 Å². The van der Waals surface area contributed by atoms with E-state index in [2.05, 4.69) is 10.3 Å². The van der Waals surface area contributed by atoms with Crippen LogP contribution in [0.1, 0.15) is 13.8 Å². The van der Waals surface area contributed by atoms with Gasteiger partial charge in [-0.05, 0) is 26.0 Å². The van der Waals surface area contributed by atoms with Crippen LogP contribution in [0.5, 0.6) is 0 Å². The van der Waals surface area contributed by atoms with Crippen molar-refractivity contribution in [3.8, 4) is 0 Å². The van der Waals surface area contributed by atoms with Gasteiger partial charge in [0.05, 0.1) is 10.8 Å². The highest BCUT2D eigenvalue weighted by Crippen LogP contribution is 2.54. The maximum Gasteiger partial charge on any atom is 0.342 e. The van der Waals surface area contributed by atoms with E-state index in [1.54, 1.807) is 38.2 Å². The van der Waals surface area contributed by atoms with Crippen LogP contribution in [0.3, 0.4) is 0 Å². The molecular formula is C16H17N3O6S2. The number of nitrogens with zero attached hydrogens (tertiary/aromatic N) is 2. The maximum atomic E-state index is 12.7.